The van der Waals surface area contributed by atoms with Gasteiger partial charge in [0.25, 0.3) is 0 Å². The summed E-state index contributed by atoms with van der Waals surface area (Å²) in [6.07, 6.45) is -4.83. The minimum absolute atomic E-state index is 0.0988. The molecule has 0 fully saturated rings. The van der Waals surface area contributed by atoms with Gasteiger partial charge in [0.2, 0.25) is 0 Å². The van der Waals surface area contributed by atoms with E-state index in [4.69, 9.17) is 16.2 Å². The number of ether oxygens (including phenoxy) is 2. The highest BCUT2D eigenvalue weighted by molar-refractivity contribution is 5.50. The molecule has 8 heteroatoms. The number of anilines is 1. The van der Waals surface area contributed by atoms with Crippen LogP contribution in [0.4, 0.5) is 19.0 Å². The van der Waals surface area contributed by atoms with Gasteiger partial charge in [0.05, 0.1) is 7.11 Å². The first-order chi connectivity index (χ1) is 7.37. The van der Waals surface area contributed by atoms with E-state index >= 15 is 0 Å². The van der Waals surface area contributed by atoms with E-state index in [1.165, 1.54) is 7.11 Å². The van der Waals surface area contributed by atoms with E-state index in [-0.39, 0.29) is 23.8 Å². The third-order valence-corrected chi connectivity index (χ3v) is 1.65. The second-order valence-corrected chi connectivity index (χ2v) is 2.78. The van der Waals surface area contributed by atoms with Crippen LogP contribution in [0.15, 0.2) is 6.07 Å². The number of pyridine rings is 1. The molecule has 0 aromatic carbocycles. The van der Waals surface area contributed by atoms with E-state index in [0.29, 0.717) is 0 Å². The van der Waals surface area contributed by atoms with Gasteiger partial charge in [0.1, 0.15) is 11.5 Å². The molecule has 1 heterocycles. The van der Waals surface area contributed by atoms with Crippen molar-refractivity contribution in [1.82, 2.24) is 4.98 Å². The molecule has 0 unspecified atom stereocenters. The Bertz CT molecular complexity index is 382. The number of hydrogen-bond acceptors (Lipinski definition) is 5. The van der Waals surface area contributed by atoms with Gasteiger partial charge in [-0.2, -0.15) is 0 Å². The monoisotopic (exact) mass is 237 g/mol. The van der Waals surface area contributed by atoms with Gasteiger partial charge in [-0.15, -0.1) is 13.2 Å². The summed E-state index contributed by atoms with van der Waals surface area (Å²) in [7, 11) is 1.19. The maximum absolute atomic E-state index is 12.1. The second-order valence-electron chi connectivity index (χ2n) is 2.78. The van der Waals surface area contributed by atoms with Crippen LogP contribution in [-0.2, 0) is 6.54 Å². The topological polar surface area (TPSA) is 83.4 Å². The third kappa shape index (κ3) is 2.89. The number of rotatable bonds is 3. The van der Waals surface area contributed by atoms with E-state index in [9.17, 15) is 13.2 Å². The van der Waals surface area contributed by atoms with Gasteiger partial charge < -0.3 is 20.9 Å². The van der Waals surface area contributed by atoms with E-state index in [1.807, 2.05) is 0 Å². The SMILES string of the molecule is COc1c(OC(F)(F)F)cc(N)nc1CN. The fraction of sp³-hybridized carbons (Fsp3) is 0.375. The molecule has 0 aliphatic rings. The Kier molecular flexibility index (Phi) is 3.43. The first-order valence-corrected chi connectivity index (χ1v) is 4.16. The lowest BCUT2D eigenvalue weighted by atomic mass is 10.3. The first-order valence-electron chi connectivity index (χ1n) is 4.16. The van der Waals surface area contributed by atoms with Crippen molar-refractivity contribution in [2.24, 2.45) is 5.73 Å². The number of nitrogens with two attached hydrogens (primary N) is 2. The lowest BCUT2D eigenvalue weighted by Gasteiger charge is -2.14. The zero-order valence-corrected chi connectivity index (χ0v) is 8.34. The van der Waals surface area contributed by atoms with E-state index in [2.05, 4.69) is 9.72 Å². The van der Waals surface area contributed by atoms with Gasteiger partial charge in [-0.1, -0.05) is 0 Å². The van der Waals surface area contributed by atoms with Crippen molar-refractivity contribution in [2.45, 2.75) is 12.9 Å². The van der Waals surface area contributed by atoms with Gasteiger partial charge in [0, 0.05) is 12.6 Å². The molecule has 0 bridgehead atoms. The van der Waals surface area contributed by atoms with Crippen LogP contribution in [0.25, 0.3) is 0 Å². The minimum Gasteiger partial charge on any atom is -0.491 e. The molecule has 0 saturated carbocycles. The fourth-order valence-electron chi connectivity index (χ4n) is 1.14. The lowest BCUT2D eigenvalue weighted by molar-refractivity contribution is -0.275. The zero-order chi connectivity index (χ0) is 12.3. The molecule has 0 aliphatic carbocycles. The van der Waals surface area contributed by atoms with Crippen molar-refractivity contribution in [2.75, 3.05) is 12.8 Å². The molecule has 90 valence electrons. The maximum atomic E-state index is 12.1. The van der Waals surface area contributed by atoms with Crippen molar-refractivity contribution >= 4 is 5.82 Å². The van der Waals surface area contributed by atoms with Crippen LogP contribution < -0.4 is 20.9 Å². The molecule has 0 amide bonds. The average molecular weight is 237 g/mol. The van der Waals surface area contributed by atoms with Crippen LogP contribution in [0, 0.1) is 0 Å². The smallest absolute Gasteiger partial charge is 0.491 e. The van der Waals surface area contributed by atoms with Crippen LogP contribution in [-0.4, -0.2) is 18.5 Å². The molecule has 1 rings (SSSR count). The Morgan fingerprint density at radius 2 is 2.06 bits per heavy atom. The van der Waals surface area contributed by atoms with Gasteiger partial charge in [-0.3, -0.25) is 0 Å². The van der Waals surface area contributed by atoms with Gasteiger partial charge in [-0.05, 0) is 0 Å². The fourth-order valence-corrected chi connectivity index (χ4v) is 1.14. The van der Waals surface area contributed by atoms with Crippen molar-refractivity contribution in [3.63, 3.8) is 0 Å². The number of methoxy groups -OCH3 is 1. The molecule has 5 nitrogen and oxygen atoms in total. The summed E-state index contributed by atoms with van der Waals surface area (Å²) < 4.78 is 44.7. The minimum atomic E-state index is -4.83. The Morgan fingerprint density at radius 3 is 2.50 bits per heavy atom. The molecule has 0 aliphatic heterocycles. The molecule has 16 heavy (non-hydrogen) atoms. The van der Waals surface area contributed by atoms with Gasteiger partial charge >= 0.3 is 6.36 Å². The predicted molar refractivity (Wildman–Crippen MR) is 49.8 cm³/mol. The van der Waals surface area contributed by atoms with Crippen LogP contribution >= 0.6 is 0 Å². The van der Waals surface area contributed by atoms with Crippen LogP contribution in [0.2, 0.25) is 0 Å². The standard InChI is InChI=1S/C8H10F3N3O2/c1-15-7-4(3-12)14-6(13)2-5(7)16-8(9,10)11/h2H,3,12H2,1H3,(H2,13,14). The second kappa shape index (κ2) is 4.44. The summed E-state index contributed by atoms with van der Waals surface area (Å²) in [6.45, 7) is -0.109. The van der Waals surface area contributed by atoms with Gasteiger partial charge in [-0.25, -0.2) is 4.98 Å². The zero-order valence-electron chi connectivity index (χ0n) is 8.34. The van der Waals surface area contributed by atoms with Crippen molar-refractivity contribution < 1.29 is 22.6 Å². The van der Waals surface area contributed by atoms with Crippen molar-refractivity contribution in [1.29, 1.82) is 0 Å². The molecule has 0 atom stereocenters. The average Bonchev–Trinajstić information content (AvgIpc) is 2.14. The van der Waals surface area contributed by atoms with E-state index in [1.54, 1.807) is 0 Å². The third-order valence-electron chi connectivity index (χ3n) is 1.65. The summed E-state index contributed by atoms with van der Waals surface area (Å²) in [5, 5.41) is 0. The summed E-state index contributed by atoms with van der Waals surface area (Å²) >= 11 is 0. The van der Waals surface area contributed by atoms with Crippen LogP contribution in [0.5, 0.6) is 11.5 Å². The van der Waals surface area contributed by atoms with Crippen molar-refractivity contribution in [3.8, 4) is 11.5 Å². The van der Waals surface area contributed by atoms with E-state index < -0.39 is 12.1 Å². The Balaban J connectivity index is 3.20. The molecule has 0 saturated heterocycles. The molecule has 1 aromatic heterocycles. The summed E-state index contributed by atoms with van der Waals surface area (Å²) in [5.74, 6) is -0.850. The lowest BCUT2D eigenvalue weighted by Crippen LogP contribution is -2.19. The number of halogens is 3. The van der Waals surface area contributed by atoms with Crippen LogP contribution in [0.3, 0.4) is 0 Å². The normalized spacial score (nSPS) is 11.3. The summed E-state index contributed by atoms with van der Waals surface area (Å²) in [6, 6.07) is 0.922. The number of nitrogens with zero attached hydrogens (tertiary/aromatic N) is 1. The Hall–Kier alpha value is -1.70. The van der Waals surface area contributed by atoms with E-state index in [0.717, 1.165) is 6.07 Å². The van der Waals surface area contributed by atoms with Gasteiger partial charge in [0.15, 0.2) is 11.5 Å². The molecular weight excluding hydrogens is 227 g/mol. The number of alkyl halides is 3. The van der Waals surface area contributed by atoms with Crippen molar-refractivity contribution in [3.05, 3.63) is 11.8 Å². The highest BCUT2D eigenvalue weighted by atomic mass is 19.4. The molecule has 0 spiro atoms. The summed E-state index contributed by atoms with van der Waals surface area (Å²) in [4.78, 5) is 3.73. The highest BCUT2D eigenvalue weighted by Gasteiger charge is 2.33. The number of aromatic nitrogens is 1. The Morgan fingerprint density at radius 1 is 1.44 bits per heavy atom. The quantitative estimate of drug-likeness (QED) is 0.820. The number of nitrogen functional groups attached to an aromatic ring is 1. The predicted octanol–water partition coefficient (Wildman–Crippen LogP) is 1.03. The molecule has 0 radical (unpaired) electrons. The first kappa shape index (κ1) is 12.4. The molecule has 4 N–H and O–H groups in total. The molecular formula is C8H10F3N3O2. The Labute approximate surface area is 89.1 Å². The van der Waals surface area contributed by atoms with Crippen LogP contribution in [0.1, 0.15) is 5.69 Å². The highest BCUT2D eigenvalue weighted by Crippen LogP contribution is 2.35. The summed E-state index contributed by atoms with van der Waals surface area (Å²) in [5.41, 5.74) is 10.7. The molecule has 1 aromatic rings. The maximum Gasteiger partial charge on any atom is 0.573 e. The number of hydrogen-bond donors (Lipinski definition) is 2. The largest absolute Gasteiger partial charge is 0.573 e.